The third-order valence-corrected chi connectivity index (χ3v) is 4.56. The Morgan fingerprint density at radius 2 is 2.04 bits per heavy atom. The van der Waals surface area contributed by atoms with Crippen molar-refractivity contribution in [1.29, 1.82) is 0 Å². The van der Waals surface area contributed by atoms with Crippen LogP contribution >= 0.6 is 11.8 Å². The molecule has 0 aliphatic carbocycles. The van der Waals surface area contributed by atoms with Crippen molar-refractivity contribution in [2.75, 3.05) is 18.9 Å². The number of thioether (sulfide) groups is 1. The maximum Gasteiger partial charge on any atom is 0.251 e. The summed E-state index contributed by atoms with van der Waals surface area (Å²) in [6, 6.07) is 13.3. The lowest BCUT2D eigenvalue weighted by Crippen LogP contribution is -2.25. The average molecular weight is 367 g/mol. The van der Waals surface area contributed by atoms with Gasteiger partial charge in [-0.05, 0) is 36.4 Å². The number of benzene rings is 1. The zero-order chi connectivity index (χ0) is 18.2. The number of carbonyl (C=O) groups is 1. The molecule has 0 unspecified atom stereocenters. The number of aromatic nitrogens is 2. The molecule has 2 aromatic heterocycles. The summed E-state index contributed by atoms with van der Waals surface area (Å²) in [6.45, 7) is 3.13. The molecule has 1 amide bonds. The summed E-state index contributed by atoms with van der Waals surface area (Å²) in [5.74, 6) is 1.61. The number of carbonyl (C=O) groups excluding carboxylic acids is 1. The van der Waals surface area contributed by atoms with Crippen LogP contribution in [0, 0.1) is 0 Å². The number of nitrogens with one attached hydrogen (secondary N) is 1. The first-order valence-corrected chi connectivity index (χ1v) is 9.60. The predicted molar refractivity (Wildman–Crippen MR) is 105 cm³/mol. The third-order valence-electron chi connectivity index (χ3n) is 3.75. The van der Waals surface area contributed by atoms with Crippen molar-refractivity contribution < 1.29 is 9.53 Å². The Bertz CT molecular complexity index is 880. The van der Waals surface area contributed by atoms with Crippen LogP contribution in [0.5, 0.6) is 5.75 Å². The Morgan fingerprint density at radius 3 is 2.92 bits per heavy atom. The number of hydrogen-bond donors (Lipinski definition) is 1. The fraction of sp³-hybridized carbons (Fsp3) is 0.250. The zero-order valence-corrected chi connectivity index (χ0v) is 15.5. The molecule has 0 saturated heterocycles. The van der Waals surface area contributed by atoms with Gasteiger partial charge in [-0.3, -0.25) is 9.78 Å². The number of pyridine rings is 2. The van der Waals surface area contributed by atoms with Crippen molar-refractivity contribution in [3.8, 4) is 5.75 Å². The van der Waals surface area contributed by atoms with E-state index in [1.54, 1.807) is 30.2 Å². The molecular weight excluding hydrogens is 346 g/mol. The summed E-state index contributed by atoms with van der Waals surface area (Å²) in [7, 11) is 0. The lowest BCUT2D eigenvalue weighted by Gasteiger charge is -2.09. The molecule has 1 aromatic carbocycles. The van der Waals surface area contributed by atoms with E-state index in [0.29, 0.717) is 18.7 Å². The van der Waals surface area contributed by atoms with E-state index in [9.17, 15) is 4.79 Å². The van der Waals surface area contributed by atoms with Gasteiger partial charge in [0.25, 0.3) is 5.91 Å². The first-order chi connectivity index (χ1) is 12.8. The van der Waals surface area contributed by atoms with Crippen LogP contribution < -0.4 is 10.1 Å². The molecule has 5 nitrogen and oxygen atoms in total. The molecule has 26 heavy (non-hydrogen) atoms. The van der Waals surface area contributed by atoms with Gasteiger partial charge in [-0.25, -0.2) is 4.98 Å². The largest absolute Gasteiger partial charge is 0.491 e. The molecule has 1 N–H and O–H groups in total. The van der Waals surface area contributed by atoms with Crippen LogP contribution in [0.1, 0.15) is 23.7 Å². The van der Waals surface area contributed by atoms with E-state index >= 15 is 0 Å². The van der Waals surface area contributed by atoms with Gasteiger partial charge < -0.3 is 10.1 Å². The van der Waals surface area contributed by atoms with Gasteiger partial charge in [0.05, 0.1) is 11.6 Å². The van der Waals surface area contributed by atoms with E-state index in [2.05, 4.69) is 22.2 Å². The maximum absolute atomic E-state index is 12.2. The molecule has 0 aliphatic heterocycles. The summed E-state index contributed by atoms with van der Waals surface area (Å²) in [6.07, 6.45) is 4.15. The van der Waals surface area contributed by atoms with Gasteiger partial charge in [-0.15, -0.1) is 11.8 Å². The minimum Gasteiger partial charge on any atom is -0.491 e. The minimum absolute atomic E-state index is 0.0859. The van der Waals surface area contributed by atoms with Crippen molar-refractivity contribution in [2.24, 2.45) is 0 Å². The monoisotopic (exact) mass is 367 g/mol. The molecule has 3 rings (SSSR count). The molecular formula is C20H21N3O2S. The Kier molecular flexibility index (Phi) is 6.44. The summed E-state index contributed by atoms with van der Waals surface area (Å²) >= 11 is 1.62. The number of amides is 1. The molecule has 0 saturated carbocycles. The maximum atomic E-state index is 12.2. The second-order valence-electron chi connectivity index (χ2n) is 5.60. The Labute approximate surface area is 157 Å². The molecule has 0 fully saturated rings. The van der Waals surface area contributed by atoms with Crippen LogP contribution in [0.4, 0.5) is 0 Å². The second-order valence-corrected chi connectivity index (χ2v) is 6.89. The number of nitrogens with zero attached hydrogens (tertiary/aromatic N) is 2. The minimum atomic E-state index is -0.0859. The first kappa shape index (κ1) is 18.2. The van der Waals surface area contributed by atoms with E-state index in [1.807, 2.05) is 36.4 Å². The number of rotatable bonds is 8. The Hall–Kier alpha value is -2.60. The predicted octanol–water partition coefficient (Wildman–Crippen LogP) is 3.94. The van der Waals surface area contributed by atoms with Crippen molar-refractivity contribution in [3.63, 3.8) is 0 Å². The van der Waals surface area contributed by atoms with Crippen LogP contribution in [-0.2, 0) is 0 Å². The van der Waals surface area contributed by atoms with Crippen LogP contribution in [-0.4, -0.2) is 34.8 Å². The van der Waals surface area contributed by atoms with Gasteiger partial charge >= 0.3 is 0 Å². The fourth-order valence-electron chi connectivity index (χ4n) is 2.53. The van der Waals surface area contributed by atoms with Crippen LogP contribution in [0.2, 0.25) is 0 Å². The van der Waals surface area contributed by atoms with Gasteiger partial charge in [0.2, 0.25) is 0 Å². The van der Waals surface area contributed by atoms with E-state index in [1.165, 1.54) is 0 Å². The van der Waals surface area contributed by atoms with Gasteiger partial charge in [0.15, 0.2) is 0 Å². The number of hydrogen-bond acceptors (Lipinski definition) is 5. The highest BCUT2D eigenvalue weighted by Crippen LogP contribution is 2.22. The zero-order valence-electron chi connectivity index (χ0n) is 14.6. The normalized spacial score (nSPS) is 10.7. The van der Waals surface area contributed by atoms with Crippen molar-refractivity contribution in [1.82, 2.24) is 15.3 Å². The first-order valence-electron chi connectivity index (χ1n) is 8.61. The van der Waals surface area contributed by atoms with E-state index in [4.69, 9.17) is 4.74 Å². The van der Waals surface area contributed by atoms with E-state index in [0.717, 1.165) is 33.9 Å². The summed E-state index contributed by atoms with van der Waals surface area (Å²) < 4.78 is 5.83. The summed E-state index contributed by atoms with van der Waals surface area (Å²) in [5.41, 5.74) is 1.49. The second kappa shape index (κ2) is 9.20. The van der Waals surface area contributed by atoms with Gasteiger partial charge in [0, 0.05) is 29.9 Å². The number of ether oxygens (including phenoxy) is 1. The quantitative estimate of drug-likeness (QED) is 0.483. The molecule has 0 aliphatic rings. The van der Waals surface area contributed by atoms with Crippen molar-refractivity contribution in [2.45, 2.75) is 18.4 Å². The molecule has 6 heteroatoms. The fourth-order valence-corrected chi connectivity index (χ4v) is 3.17. The molecule has 3 aromatic rings. The highest BCUT2D eigenvalue weighted by Gasteiger charge is 2.07. The topological polar surface area (TPSA) is 64.1 Å². The molecule has 0 atom stereocenters. The van der Waals surface area contributed by atoms with Gasteiger partial charge in [-0.1, -0.05) is 25.1 Å². The van der Waals surface area contributed by atoms with Crippen LogP contribution in [0.15, 0.2) is 59.9 Å². The summed E-state index contributed by atoms with van der Waals surface area (Å²) in [4.78, 5) is 20.8. The molecule has 134 valence electrons. The average Bonchev–Trinajstić information content (AvgIpc) is 2.68. The lowest BCUT2D eigenvalue weighted by atomic mass is 10.2. The van der Waals surface area contributed by atoms with Gasteiger partial charge in [-0.2, -0.15) is 0 Å². The van der Waals surface area contributed by atoms with E-state index < -0.39 is 0 Å². The molecule has 2 heterocycles. The molecule has 0 spiro atoms. The molecule has 0 radical (unpaired) electrons. The smallest absolute Gasteiger partial charge is 0.251 e. The van der Waals surface area contributed by atoms with Crippen molar-refractivity contribution >= 4 is 28.6 Å². The SMILES string of the molecule is CCSc1cc(C(=O)NCCCOc2cccc3cccnc23)ccn1. The highest BCUT2D eigenvalue weighted by atomic mass is 32.2. The lowest BCUT2D eigenvalue weighted by molar-refractivity contribution is 0.0951. The highest BCUT2D eigenvalue weighted by molar-refractivity contribution is 7.99. The number of fused-ring (bicyclic) bond motifs is 1. The van der Waals surface area contributed by atoms with E-state index in [-0.39, 0.29) is 5.91 Å². The Morgan fingerprint density at radius 1 is 1.15 bits per heavy atom. The van der Waals surface area contributed by atoms with Crippen LogP contribution in [0.25, 0.3) is 10.9 Å². The van der Waals surface area contributed by atoms with Crippen molar-refractivity contribution in [3.05, 3.63) is 60.4 Å². The van der Waals surface area contributed by atoms with Gasteiger partial charge in [0.1, 0.15) is 11.3 Å². The number of para-hydroxylation sites is 1. The third kappa shape index (κ3) is 4.73. The van der Waals surface area contributed by atoms with Crippen LogP contribution in [0.3, 0.4) is 0 Å². The standard InChI is InChI=1S/C20H21N3O2S/c1-2-26-18-14-16(9-12-21-18)20(24)23-11-5-13-25-17-8-3-6-15-7-4-10-22-19(15)17/h3-4,6-10,12,14H,2,5,11,13H2,1H3,(H,23,24). The summed E-state index contributed by atoms with van der Waals surface area (Å²) in [5, 5.41) is 4.84. The molecule has 0 bridgehead atoms. The Balaban J connectivity index is 1.47.